The van der Waals surface area contributed by atoms with Crippen LogP contribution in [0.25, 0.3) is 0 Å². The Labute approximate surface area is 374 Å². The van der Waals surface area contributed by atoms with Gasteiger partial charge in [0.15, 0.2) is 5.79 Å². The second kappa shape index (κ2) is 15.8. The van der Waals surface area contributed by atoms with E-state index < -0.39 is 44.9 Å². The zero-order valence-electron chi connectivity index (χ0n) is 39.5. The largest absolute Gasteiger partial charge is 0.481 e. The Hall–Kier alpha value is -1.95. The molecule has 4 bridgehead atoms. The third-order valence-corrected chi connectivity index (χ3v) is 22.1. The highest BCUT2D eigenvalue weighted by Gasteiger charge is 2.87. The third kappa shape index (κ3) is 6.03. The van der Waals surface area contributed by atoms with Gasteiger partial charge in [-0.15, -0.1) is 5.92 Å². The Bertz CT molecular complexity index is 1900. The van der Waals surface area contributed by atoms with E-state index >= 15 is 0 Å². The molecule has 1 aromatic carbocycles. The van der Waals surface area contributed by atoms with Crippen molar-refractivity contribution in [2.45, 2.75) is 200 Å². The number of carboxylic acid groups (broad SMARTS) is 1. The van der Waals surface area contributed by atoms with Crippen molar-refractivity contribution >= 4 is 5.97 Å². The Kier molecular flexibility index (Phi) is 11.6. The molecule has 4 N–H and O–H groups in total. The average molecular weight is 855 g/mol. The van der Waals surface area contributed by atoms with Crippen molar-refractivity contribution in [1.29, 1.82) is 0 Å². The number of rotatable bonds is 12. The lowest BCUT2D eigenvalue weighted by atomic mass is 9.21. The Morgan fingerprint density at radius 2 is 1.53 bits per heavy atom. The van der Waals surface area contributed by atoms with Gasteiger partial charge in [0.25, 0.3) is 0 Å². The van der Waals surface area contributed by atoms with Crippen LogP contribution in [0, 0.1) is 78.8 Å². The zero-order valence-corrected chi connectivity index (χ0v) is 39.5. The second-order valence-electron chi connectivity index (χ2n) is 24.1. The minimum atomic E-state index is -1.48. The molecule has 9 rings (SSSR count). The summed E-state index contributed by atoms with van der Waals surface area (Å²) < 4.78 is 12.5. The highest BCUT2D eigenvalue weighted by Crippen LogP contribution is 2.88. The fourth-order valence-electron chi connectivity index (χ4n) is 18.6. The van der Waals surface area contributed by atoms with Gasteiger partial charge in [-0.1, -0.05) is 96.4 Å². The lowest BCUT2D eigenvalue weighted by molar-refractivity contribution is -0.357. The summed E-state index contributed by atoms with van der Waals surface area (Å²) in [6.07, 6.45) is 20.7. The number of carboxylic acids is 1. The average Bonchev–Trinajstić information content (AvgIpc) is 3.83. The van der Waals surface area contributed by atoms with Crippen molar-refractivity contribution in [3.8, 4) is 11.8 Å². The number of hydrogen-bond donors (Lipinski definition) is 4. The van der Waals surface area contributed by atoms with Crippen molar-refractivity contribution < 1.29 is 34.7 Å². The molecule has 7 fully saturated rings. The van der Waals surface area contributed by atoms with Crippen LogP contribution in [-0.4, -0.2) is 64.7 Å². The van der Waals surface area contributed by atoms with E-state index in [1.807, 2.05) is 6.92 Å². The molecule has 1 saturated heterocycles. The van der Waals surface area contributed by atoms with E-state index in [0.717, 1.165) is 101 Å². The van der Waals surface area contributed by atoms with Crippen molar-refractivity contribution in [1.82, 2.24) is 0 Å². The van der Waals surface area contributed by atoms with E-state index in [1.165, 1.54) is 44.1 Å². The van der Waals surface area contributed by atoms with Gasteiger partial charge in [0.05, 0.1) is 30.8 Å². The molecule has 7 heteroatoms. The molecule has 0 amide bonds. The molecular weight excluding hydrogens is 773 g/mol. The minimum Gasteiger partial charge on any atom is -0.481 e. The van der Waals surface area contributed by atoms with Gasteiger partial charge in [-0.05, 0) is 154 Å². The molecule has 0 aromatic heterocycles. The summed E-state index contributed by atoms with van der Waals surface area (Å²) in [5.74, 6) is 7.56. The van der Waals surface area contributed by atoms with Gasteiger partial charge >= 0.3 is 5.97 Å². The predicted molar refractivity (Wildman–Crippen MR) is 243 cm³/mol. The maximum absolute atomic E-state index is 13.2. The first-order valence-corrected chi connectivity index (χ1v) is 25.5. The number of hydrogen-bond acceptors (Lipinski definition) is 6. The number of aliphatic carboxylic acids is 1. The van der Waals surface area contributed by atoms with E-state index in [4.69, 9.17) is 9.47 Å². The first-order chi connectivity index (χ1) is 29.5. The van der Waals surface area contributed by atoms with Gasteiger partial charge in [0, 0.05) is 42.1 Å². The quantitative estimate of drug-likeness (QED) is 0.155. The van der Waals surface area contributed by atoms with Crippen LogP contribution in [0.4, 0.5) is 0 Å². The molecule has 1 heterocycles. The van der Waals surface area contributed by atoms with Crippen molar-refractivity contribution in [3.05, 3.63) is 35.4 Å². The van der Waals surface area contributed by atoms with E-state index in [0.29, 0.717) is 25.4 Å². The number of aliphatic hydroxyl groups is 3. The van der Waals surface area contributed by atoms with Gasteiger partial charge in [-0.3, -0.25) is 4.79 Å². The molecule has 14 atom stereocenters. The summed E-state index contributed by atoms with van der Waals surface area (Å²) in [6.45, 7) is 12.3. The van der Waals surface area contributed by atoms with Crippen LogP contribution in [-0.2, 0) is 27.1 Å². The maximum Gasteiger partial charge on any atom is 0.309 e. The smallest absolute Gasteiger partial charge is 0.309 e. The first kappa shape index (κ1) is 45.2. The highest BCUT2D eigenvalue weighted by atomic mass is 16.6. The molecule has 62 heavy (non-hydrogen) atoms. The summed E-state index contributed by atoms with van der Waals surface area (Å²) >= 11 is 0. The molecule has 7 aliphatic carbocycles. The third-order valence-electron chi connectivity index (χ3n) is 22.1. The maximum atomic E-state index is 13.2. The fraction of sp³-hybridized carbons (Fsp3) is 0.836. The Morgan fingerprint density at radius 3 is 2.23 bits per heavy atom. The summed E-state index contributed by atoms with van der Waals surface area (Å²) in [6, 6.07) is 8.77. The molecule has 8 aliphatic rings. The second-order valence-corrected chi connectivity index (χ2v) is 24.1. The SMILES string of the molecule is CCCC1C2(O)CC(O)C3(CO)C1(CCC14C#CCC(CCC5CCCC5)CCC5(CCC13C)C1CC(C)(C(=O)O)CCC1(C)CCC54C)C(Cc1ccc(CCOC)cc1)O2. The van der Waals surface area contributed by atoms with Crippen molar-refractivity contribution in [2.24, 2.45) is 67.0 Å². The van der Waals surface area contributed by atoms with Gasteiger partial charge < -0.3 is 29.9 Å². The number of aliphatic hydroxyl groups excluding tert-OH is 2. The van der Waals surface area contributed by atoms with E-state index in [-0.39, 0.29) is 47.2 Å². The van der Waals surface area contributed by atoms with Gasteiger partial charge in [-0.25, -0.2) is 0 Å². The van der Waals surface area contributed by atoms with E-state index in [1.54, 1.807) is 7.11 Å². The lowest BCUT2D eigenvalue weighted by Crippen LogP contribution is -2.80. The number of fused-ring (bicyclic) bond motifs is 3. The Balaban J connectivity index is 1.21. The number of ether oxygens (including phenoxy) is 2. The van der Waals surface area contributed by atoms with E-state index in [2.05, 4.69) is 63.8 Å². The lowest BCUT2D eigenvalue weighted by Gasteiger charge is -2.81. The monoisotopic (exact) mass is 855 g/mol. The van der Waals surface area contributed by atoms with Gasteiger partial charge in [0.1, 0.15) is 0 Å². The fourth-order valence-corrected chi connectivity index (χ4v) is 18.6. The van der Waals surface area contributed by atoms with Gasteiger partial charge in [-0.2, -0.15) is 0 Å². The molecule has 1 aromatic rings. The molecule has 14 unspecified atom stereocenters. The molecule has 344 valence electrons. The molecule has 1 aliphatic heterocycles. The standard InChI is InChI=1S/C55H82O7/c1-7-11-42-53-32-31-52-23-10-14-39(16-15-38-12-8-9-13-38)21-24-51(43-35-48(3,46(58)59)26-25-47(43,2)27-28-49(51,52)4)30-29-50(52,5)54(53,37-56)44(57)36-55(42,60)62-45(53)34-41-19-17-40(18-20-41)22-33-61-6/h17-20,38-39,42-45,56-57,60H,7-9,11-16,21-22,24-37H2,1-6H3,(H,58,59). The van der Waals surface area contributed by atoms with Crippen LogP contribution >= 0.6 is 0 Å². The van der Waals surface area contributed by atoms with Crippen molar-refractivity contribution in [2.75, 3.05) is 20.3 Å². The molecular formula is C55H82O7. The van der Waals surface area contributed by atoms with Crippen molar-refractivity contribution in [3.63, 3.8) is 0 Å². The number of carbonyl (C=O) groups is 1. The van der Waals surface area contributed by atoms with Crippen LogP contribution in [0.3, 0.4) is 0 Å². The number of methoxy groups -OCH3 is 1. The normalized spacial score (nSPS) is 48.3. The van der Waals surface area contributed by atoms with Crippen LogP contribution < -0.4 is 0 Å². The predicted octanol–water partition coefficient (Wildman–Crippen LogP) is 10.7. The van der Waals surface area contributed by atoms with Crippen LogP contribution in [0.2, 0.25) is 0 Å². The van der Waals surface area contributed by atoms with Gasteiger partial charge in [0.2, 0.25) is 0 Å². The molecule has 0 radical (unpaired) electrons. The summed E-state index contributed by atoms with van der Waals surface area (Å²) in [7, 11) is 1.73. The Morgan fingerprint density at radius 1 is 0.839 bits per heavy atom. The van der Waals surface area contributed by atoms with Crippen LogP contribution in [0.15, 0.2) is 24.3 Å². The molecule has 2 spiro atoms. The topological polar surface area (TPSA) is 116 Å². The summed E-state index contributed by atoms with van der Waals surface area (Å²) in [5, 5.41) is 49.5. The van der Waals surface area contributed by atoms with Crippen LogP contribution in [0.1, 0.15) is 181 Å². The first-order valence-electron chi connectivity index (χ1n) is 25.5. The zero-order chi connectivity index (χ0) is 44.0. The summed E-state index contributed by atoms with van der Waals surface area (Å²) in [5.41, 5.74) is -1.53. The molecule has 7 nitrogen and oxygen atoms in total. The van der Waals surface area contributed by atoms with E-state index in [9.17, 15) is 25.2 Å². The number of benzene rings is 1. The molecule has 6 saturated carbocycles. The minimum absolute atomic E-state index is 0.0609. The van der Waals surface area contributed by atoms with Crippen LogP contribution in [0.5, 0.6) is 0 Å². The summed E-state index contributed by atoms with van der Waals surface area (Å²) in [4.78, 5) is 13.2. The highest BCUT2D eigenvalue weighted by molar-refractivity contribution is 5.74.